The van der Waals surface area contributed by atoms with E-state index in [2.05, 4.69) is 10.6 Å². The Morgan fingerprint density at radius 3 is 2.72 bits per heavy atom. The number of nitrogens with zero attached hydrogens (tertiary/aromatic N) is 1. The monoisotopic (exact) mass is 255 g/mol. The fourth-order valence-corrected chi connectivity index (χ4v) is 2.39. The van der Waals surface area contributed by atoms with Crippen LogP contribution in [0.15, 0.2) is 0 Å². The number of carboxylic acid groups (broad SMARTS) is 1. The highest BCUT2D eigenvalue weighted by atomic mass is 16.4. The van der Waals surface area contributed by atoms with E-state index < -0.39 is 18.1 Å². The summed E-state index contributed by atoms with van der Waals surface area (Å²) in [6.07, 6.45) is 2.16. The number of carbonyl (C=O) groups excluding carboxylic acids is 2. The van der Waals surface area contributed by atoms with E-state index in [9.17, 15) is 14.4 Å². The lowest BCUT2D eigenvalue weighted by molar-refractivity contribution is -0.153. The molecule has 2 aliphatic heterocycles. The molecule has 100 valence electrons. The third-order valence-corrected chi connectivity index (χ3v) is 3.38. The Balaban J connectivity index is 2.02. The molecule has 2 atom stereocenters. The molecular weight excluding hydrogens is 238 g/mol. The second-order valence-electron chi connectivity index (χ2n) is 4.62. The number of carboxylic acids is 1. The van der Waals surface area contributed by atoms with Crippen molar-refractivity contribution in [1.82, 2.24) is 15.5 Å². The molecular formula is C11H17N3O4. The molecule has 7 heteroatoms. The predicted molar refractivity (Wildman–Crippen MR) is 61.8 cm³/mol. The van der Waals surface area contributed by atoms with Crippen LogP contribution in [0.2, 0.25) is 0 Å². The lowest BCUT2D eigenvalue weighted by Gasteiger charge is -2.36. The van der Waals surface area contributed by atoms with Crippen molar-refractivity contribution < 1.29 is 19.5 Å². The van der Waals surface area contributed by atoms with E-state index in [0.717, 1.165) is 12.8 Å². The molecule has 0 aromatic heterocycles. The molecule has 2 aliphatic rings. The molecule has 2 rings (SSSR count). The van der Waals surface area contributed by atoms with Gasteiger partial charge in [0, 0.05) is 13.1 Å². The first-order valence-electron chi connectivity index (χ1n) is 6.13. The van der Waals surface area contributed by atoms with Gasteiger partial charge in [0.05, 0.1) is 6.54 Å². The molecule has 0 aromatic carbocycles. The zero-order valence-electron chi connectivity index (χ0n) is 10.0. The lowest BCUT2D eigenvalue weighted by Crippen LogP contribution is -2.61. The quantitative estimate of drug-likeness (QED) is 0.560. The van der Waals surface area contributed by atoms with Crippen LogP contribution >= 0.6 is 0 Å². The van der Waals surface area contributed by atoms with Gasteiger partial charge >= 0.3 is 5.97 Å². The molecule has 7 nitrogen and oxygen atoms in total. The Bertz CT molecular complexity index is 361. The van der Waals surface area contributed by atoms with Crippen LogP contribution in [0.4, 0.5) is 0 Å². The van der Waals surface area contributed by atoms with E-state index >= 15 is 0 Å². The van der Waals surface area contributed by atoms with Gasteiger partial charge in [-0.1, -0.05) is 0 Å². The summed E-state index contributed by atoms with van der Waals surface area (Å²) in [5, 5.41) is 14.5. The molecule has 2 heterocycles. The number of likely N-dealkylation sites (tertiary alicyclic amines) is 1. The van der Waals surface area contributed by atoms with Crippen molar-refractivity contribution in [2.24, 2.45) is 0 Å². The van der Waals surface area contributed by atoms with Crippen molar-refractivity contribution in [3.8, 4) is 0 Å². The number of amides is 2. The number of nitrogens with one attached hydrogen (secondary N) is 2. The summed E-state index contributed by atoms with van der Waals surface area (Å²) < 4.78 is 0. The Kier molecular flexibility index (Phi) is 3.81. The molecule has 18 heavy (non-hydrogen) atoms. The Labute approximate surface area is 105 Å². The van der Waals surface area contributed by atoms with Crippen LogP contribution in [-0.2, 0) is 14.4 Å². The average molecular weight is 255 g/mol. The van der Waals surface area contributed by atoms with Crippen molar-refractivity contribution in [2.75, 3.05) is 19.6 Å². The van der Waals surface area contributed by atoms with Gasteiger partial charge in [0.2, 0.25) is 11.8 Å². The Hall–Kier alpha value is -1.63. The van der Waals surface area contributed by atoms with Crippen LogP contribution in [0.1, 0.15) is 19.3 Å². The third kappa shape index (κ3) is 2.61. The fraction of sp³-hybridized carbons (Fsp3) is 0.727. The Morgan fingerprint density at radius 1 is 1.33 bits per heavy atom. The second-order valence-corrected chi connectivity index (χ2v) is 4.62. The molecule has 0 radical (unpaired) electrons. The summed E-state index contributed by atoms with van der Waals surface area (Å²) in [7, 11) is 0. The number of carbonyl (C=O) groups is 3. The number of piperidine rings is 1. The zero-order valence-corrected chi connectivity index (χ0v) is 10.0. The molecule has 2 fully saturated rings. The van der Waals surface area contributed by atoms with E-state index in [4.69, 9.17) is 5.11 Å². The van der Waals surface area contributed by atoms with Gasteiger partial charge in [0.1, 0.15) is 12.1 Å². The second kappa shape index (κ2) is 5.34. The van der Waals surface area contributed by atoms with Crippen molar-refractivity contribution >= 4 is 17.8 Å². The number of hydrogen-bond acceptors (Lipinski definition) is 4. The van der Waals surface area contributed by atoms with Gasteiger partial charge in [-0.25, -0.2) is 4.79 Å². The van der Waals surface area contributed by atoms with Crippen LogP contribution < -0.4 is 10.6 Å². The van der Waals surface area contributed by atoms with Gasteiger partial charge < -0.3 is 15.3 Å². The minimum Gasteiger partial charge on any atom is -0.480 e. The summed E-state index contributed by atoms with van der Waals surface area (Å²) >= 11 is 0. The first-order valence-corrected chi connectivity index (χ1v) is 6.13. The molecule has 2 saturated heterocycles. The van der Waals surface area contributed by atoms with Gasteiger partial charge in [-0.05, 0) is 19.3 Å². The van der Waals surface area contributed by atoms with Gasteiger partial charge in [0.15, 0.2) is 0 Å². The molecule has 0 bridgehead atoms. The van der Waals surface area contributed by atoms with Crippen LogP contribution in [-0.4, -0.2) is 59.5 Å². The molecule has 0 aliphatic carbocycles. The maximum Gasteiger partial charge on any atom is 0.326 e. The number of hydrogen-bond donors (Lipinski definition) is 3. The third-order valence-electron chi connectivity index (χ3n) is 3.38. The normalized spacial score (nSPS) is 28.7. The molecule has 3 N–H and O–H groups in total. The molecule has 2 amide bonds. The first-order chi connectivity index (χ1) is 8.59. The number of rotatable bonds is 2. The van der Waals surface area contributed by atoms with Crippen LogP contribution in [0.3, 0.4) is 0 Å². The highest BCUT2D eigenvalue weighted by Crippen LogP contribution is 2.18. The minimum absolute atomic E-state index is 0.0992. The first kappa shape index (κ1) is 12.8. The van der Waals surface area contributed by atoms with Crippen molar-refractivity contribution in [1.29, 1.82) is 0 Å². The van der Waals surface area contributed by atoms with E-state index in [1.54, 1.807) is 0 Å². The number of aliphatic carboxylic acids is 1. The summed E-state index contributed by atoms with van der Waals surface area (Å²) in [6.45, 7) is 0.796. The van der Waals surface area contributed by atoms with Crippen molar-refractivity contribution in [3.63, 3.8) is 0 Å². The molecule has 0 spiro atoms. The van der Waals surface area contributed by atoms with Gasteiger partial charge in [0.25, 0.3) is 0 Å². The summed E-state index contributed by atoms with van der Waals surface area (Å²) in [6, 6.07) is -1.24. The lowest BCUT2D eigenvalue weighted by atomic mass is 10.0. The average Bonchev–Trinajstić information content (AvgIpc) is 2.39. The summed E-state index contributed by atoms with van der Waals surface area (Å²) in [5.41, 5.74) is 0. The minimum atomic E-state index is -0.956. The van der Waals surface area contributed by atoms with Crippen LogP contribution in [0, 0.1) is 0 Å². The van der Waals surface area contributed by atoms with E-state index in [1.807, 2.05) is 0 Å². The van der Waals surface area contributed by atoms with Crippen molar-refractivity contribution in [3.05, 3.63) is 0 Å². The van der Waals surface area contributed by atoms with E-state index in [1.165, 1.54) is 4.90 Å². The van der Waals surface area contributed by atoms with E-state index in [-0.39, 0.29) is 24.9 Å². The van der Waals surface area contributed by atoms with Crippen molar-refractivity contribution in [2.45, 2.75) is 31.3 Å². The molecule has 0 aromatic rings. The topological polar surface area (TPSA) is 98.7 Å². The predicted octanol–water partition coefficient (Wildman–Crippen LogP) is -1.46. The maximum atomic E-state index is 12.2. The van der Waals surface area contributed by atoms with Gasteiger partial charge in [-0.15, -0.1) is 0 Å². The SMILES string of the molecule is O=C1CNC(C(=O)N2CCCCC2C(=O)O)CN1. The van der Waals surface area contributed by atoms with Gasteiger partial charge in [-0.2, -0.15) is 0 Å². The maximum absolute atomic E-state index is 12.2. The standard InChI is InChI=1S/C11H17N3O4/c15-9-6-12-7(5-13-9)10(16)14-4-2-1-3-8(14)11(17)18/h7-8,12H,1-6H2,(H,13,15)(H,17,18). The highest BCUT2D eigenvalue weighted by Gasteiger charge is 2.36. The van der Waals surface area contributed by atoms with E-state index in [0.29, 0.717) is 13.0 Å². The van der Waals surface area contributed by atoms with Gasteiger partial charge in [-0.3, -0.25) is 14.9 Å². The molecule has 0 saturated carbocycles. The highest BCUT2D eigenvalue weighted by molar-refractivity contribution is 5.89. The summed E-state index contributed by atoms with van der Waals surface area (Å²) in [5.74, 6) is -1.34. The molecule has 2 unspecified atom stereocenters. The zero-order chi connectivity index (χ0) is 13.1. The summed E-state index contributed by atoms with van der Waals surface area (Å²) in [4.78, 5) is 35.7. The largest absolute Gasteiger partial charge is 0.480 e. The smallest absolute Gasteiger partial charge is 0.326 e. The van der Waals surface area contributed by atoms with Crippen LogP contribution in [0.25, 0.3) is 0 Å². The Morgan fingerprint density at radius 2 is 2.11 bits per heavy atom. The fourth-order valence-electron chi connectivity index (χ4n) is 2.39. The van der Waals surface area contributed by atoms with Crippen LogP contribution in [0.5, 0.6) is 0 Å². The number of piperazine rings is 1.